The molecule has 0 fully saturated rings. The Balaban J connectivity index is 2.30. The Morgan fingerprint density at radius 1 is 0.727 bits per heavy atom. The predicted octanol–water partition coefficient (Wildman–Crippen LogP) is 2.72. The highest BCUT2D eigenvalue weighted by atomic mass is 16.5. The van der Waals surface area contributed by atoms with E-state index < -0.39 is 5.97 Å². The molecule has 0 aliphatic heterocycles. The second-order valence-electron chi connectivity index (χ2n) is 4.47. The van der Waals surface area contributed by atoms with Crippen LogP contribution in [0.2, 0.25) is 0 Å². The fourth-order valence-electron chi connectivity index (χ4n) is 2.02. The van der Waals surface area contributed by atoms with Gasteiger partial charge >= 0.3 is 5.97 Å². The van der Waals surface area contributed by atoms with Crippen molar-refractivity contribution in [1.29, 1.82) is 0 Å². The van der Waals surface area contributed by atoms with Crippen LogP contribution in [0.3, 0.4) is 0 Å². The second kappa shape index (κ2) is 6.76. The van der Waals surface area contributed by atoms with Gasteiger partial charge in [-0.3, -0.25) is 4.79 Å². The molecule has 0 aromatic heterocycles. The second-order valence-corrected chi connectivity index (χ2v) is 4.47. The van der Waals surface area contributed by atoms with Gasteiger partial charge in [-0.1, -0.05) is 12.1 Å². The van der Waals surface area contributed by atoms with Crippen LogP contribution in [0.4, 0.5) is 0 Å². The molecule has 22 heavy (non-hydrogen) atoms. The highest BCUT2D eigenvalue weighted by molar-refractivity contribution is 6.09. The van der Waals surface area contributed by atoms with E-state index in [1.54, 1.807) is 42.5 Å². The van der Waals surface area contributed by atoms with Gasteiger partial charge in [0.1, 0.15) is 0 Å². The number of ether oxygens (including phenoxy) is 3. The van der Waals surface area contributed by atoms with Crippen LogP contribution in [0.5, 0.6) is 11.5 Å². The number of carbonyl (C=O) groups is 2. The molecule has 114 valence electrons. The van der Waals surface area contributed by atoms with Gasteiger partial charge in [0, 0.05) is 11.1 Å². The number of benzene rings is 2. The summed E-state index contributed by atoms with van der Waals surface area (Å²) in [6.45, 7) is 0. The van der Waals surface area contributed by atoms with E-state index in [0.717, 1.165) is 0 Å². The number of hydrogen-bond acceptors (Lipinski definition) is 5. The Kier molecular flexibility index (Phi) is 4.78. The monoisotopic (exact) mass is 300 g/mol. The van der Waals surface area contributed by atoms with Gasteiger partial charge in [0.05, 0.1) is 26.9 Å². The maximum absolute atomic E-state index is 12.5. The Morgan fingerprint density at radius 3 is 1.82 bits per heavy atom. The molecule has 0 unspecified atom stereocenters. The van der Waals surface area contributed by atoms with Gasteiger partial charge in [0.2, 0.25) is 0 Å². The summed E-state index contributed by atoms with van der Waals surface area (Å²) in [6.07, 6.45) is 0. The highest BCUT2D eigenvalue weighted by Gasteiger charge is 2.13. The molecule has 5 heteroatoms. The smallest absolute Gasteiger partial charge is 0.337 e. The van der Waals surface area contributed by atoms with Gasteiger partial charge in [0.25, 0.3) is 0 Å². The van der Waals surface area contributed by atoms with Crippen LogP contribution in [0.25, 0.3) is 0 Å². The molecule has 0 aliphatic carbocycles. The molecular formula is C17H16O5. The number of ketones is 1. The lowest BCUT2D eigenvalue weighted by Gasteiger charge is -2.09. The first-order chi connectivity index (χ1) is 10.6. The Morgan fingerprint density at radius 2 is 1.27 bits per heavy atom. The van der Waals surface area contributed by atoms with Crippen molar-refractivity contribution in [3.8, 4) is 11.5 Å². The molecule has 0 saturated carbocycles. The van der Waals surface area contributed by atoms with Gasteiger partial charge in [0.15, 0.2) is 17.3 Å². The fraction of sp³-hybridized carbons (Fsp3) is 0.176. The molecule has 0 saturated heterocycles. The molecule has 0 heterocycles. The highest BCUT2D eigenvalue weighted by Crippen LogP contribution is 2.28. The summed E-state index contributed by atoms with van der Waals surface area (Å²) >= 11 is 0. The van der Waals surface area contributed by atoms with Crippen LogP contribution in [-0.4, -0.2) is 33.1 Å². The van der Waals surface area contributed by atoms with Gasteiger partial charge < -0.3 is 14.2 Å². The lowest BCUT2D eigenvalue weighted by molar-refractivity contribution is 0.0600. The van der Waals surface area contributed by atoms with Crippen molar-refractivity contribution in [2.45, 2.75) is 0 Å². The summed E-state index contributed by atoms with van der Waals surface area (Å²) in [7, 11) is 4.35. The maximum atomic E-state index is 12.5. The normalized spacial score (nSPS) is 9.95. The minimum atomic E-state index is -0.440. The van der Waals surface area contributed by atoms with Crippen LogP contribution < -0.4 is 9.47 Å². The largest absolute Gasteiger partial charge is 0.493 e. The Labute approximate surface area is 128 Å². The molecule has 0 amide bonds. The average molecular weight is 300 g/mol. The first-order valence-corrected chi connectivity index (χ1v) is 6.55. The zero-order chi connectivity index (χ0) is 16.1. The molecule has 0 bridgehead atoms. The van der Waals surface area contributed by atoms with Crippen molar-refractivity contribution in [2.24, 2.45) is 0 Å². The number of esters is 1. The van der Waals surface area contributed by atoms with E-state index in [1.807, 2.05) is 0 Å². The Bertz CT molecular complexity index is 689. The van der Waals surface area contributed by atoms with E-state index >= 15 is 0 Å². The third-order valence-corrected chi connectivity index (χ3v) is 3.21. The van der Waals surface area contributed by atoms with E-state index in [-0.39, 0.29) is 5.78 Å². The maximum Gasteiger partial charge on any atom is 0.337 e. The molecule has 0 atom stereocenters. The summed E-state index contributed by atoms with van der Waals surface area (Å²) in [5.41, 5.74) is 1.34. The number of hydrogen-bond donors (Lipinski definition) is 0. The zero-order valence-electron chi connectivity index (χ0n) is 12.6. The molecule has 0 spiro atoms. The number of methoxy groups -OCH3 is 3. The van der Waals surface area contributed by atoms with E-state index in [2.05, 4.69) is 4.74 Å². The summed E-state index contributed by atoms with van der Waals surface area (Å²) in [4.78, 5) is 23.8. The SMILES string of the molecule is COC(=O)c1ccc(C(=O)c2ccc(OC)c(OC)c2)cc1. The quantitative estimate of drug-likeness (QED) is 0.627. The number of carbonyl (C=O) groups excluding carboxylic acids is 2. The third kappa shape index (κ3) is 3.09. The topological polar surface area (TPSA) is 61.8 Å². The van der Waals surface area contributed by atoms with Crippen LogP contribution >= 0.6 is 0 Å². The zero-order valence-corrected chi connectivity index (χ0v) is 12.6. The Hall–Kier alpha value is -2.82. The predicted molar refractivity (Wildman–Crippen MR) is 80.8 cm³/mol. The van der Waals surface area contributed by atoms with E-state index in [0.29, 0.717) is 28.2 Å². The van der Waals surface area contributed by atoms with Crippen LogP contribution in [-0.2, 0) is 4.74 Å². The molecule has 0 aliphatic rings. The molecule has 2 rings (SSSR count). The molecule has 2 aromatic rings. The minimum absolute atomic E-state index is 0.169. The molecule has 5 nitrogen and oxygen atoms in total. The number of rotatable bonds is 5. The summed E-state index contributed by atoms with van der Waals surface area (Å²) < 4.78 is 15.0. The summed E-state index contributed by atoms with van der Waals surface area (Å²) in [5.74, 6) is 0.433. The summed E-state index contributed by atoms with van der Waals surface area (Å²) in [5, 5.41) is 0. The van der Waals surface area contributed by atoms with Gasteiger partial charge in [-0.25, -0.2) is 4.79 Å². The van der Waals surface area contributed by atoms with Crippen molar-refractivity contribution in [3.63, 3.8) is 0 Å². The fourth-order valence-corrected chi connectivity index (χ4v) is 2.02. The van der Waals surface area contributed by atoms with Crippen molar-refractivity contribution in [3.05, 3.63) is 59.2 Å². The van der Waals surface area contributed by atoms with Crippen LogP contribution in [0, 0.1) is 0 Å². The van der Waals surface area contributed by atoms with Crippen LogP contribution in [0.1, 0.15) is 26.3 Å². The average Bonchev–Trinajstić information content (AvgIpc) is 2.59. The first-order valence-electron chi connectivity index (χ1n) is 6.55. The summed E-state index contributed by atoms with van der Waals surface area (Å²) in [6, 6.07) is 11.2. The minimum Gasteiger partial charge on any atom is -0.493 e. The van der Waals surface area contributed by atoms with Gasteiger partial charge in [-0.2, -0.15) is 0 Å². The standard InChI is InChI=1S/C17H16O5/c1-20-14-9-8-13(10-15(14)21-2)16(18)11-4-6-12(7-5-11)17(19)22-3/h4-10H,1-3H3. The molecule has 0 N–H and O–H groups in total. The third-order valence-electron chi connectivity index (χ3n) is 3.21. The van der Waals surface area contributed by atoms with Crippen molar-refractivity contribution in [1.82, 2.24) is 0 Å². The van der Waals surface area contributed by atoms with E-state index in [9.17, 15) is 9.59 Å². The van der Waals surface area contributed by atoms with Crippen molar-refractivity contribution >= 4 is 11.8 Å². The van der Waals surface area contributed by atoms with Gasteiger partial charge in [-0.15, -0.1) is 0 Å². The van der Waals surface area contributed by atoms with Crippen molar-refractivity contribution < 1.29 is 23.8 Å². The van der Waals surface area contributed by atoms with Crippen molar-refractivity contribution in [2.75, 3.05) is 21.3 Å². The van der Waals surface area contributed by atoms with Crippen LogP contribution in [0.15, 0.2) is 42.5 Å². The van der Waals surface area contributed by atoms with E-state index in [1.165, 1.54) is 21.3 Å². The van der Waals surface area contributed by atoms with Gasteiger partial charge in [-0.05, 0) is 30.3 Å². The first kappa shape index (κ1) is 15.6. The molecule has 2 aromatic carbocycles. The molecular weight excluding hydrogens is 284 g/mol. The van der Waals surface area contributed by atoms with E-state index in [4.69, 9.17) is 9.47 Å². The lowest BCUT2D eigenvalue weighted by Crippen LogP contribution is -2.05. The lowest BCUT2D eigenvalue weighted by atomic mass is 10.0. The molecule has 0 radical (unpaired) electrons.